The van der Waals surface area contributed by atoms with Crippen LogP contribution in [0.25, 0.3) is 21.8 Å². The molecule has 0 amide bonds. The van der Waals surface area contributed by atoms with Crippen molar-refractivity contribution in [1.82, 2.24) is 10.3 Å². The molecule has 0 spiro atoms. The van der Waals surface area contributed by atoms with Gasteiger partial charge in [0.05, 0.1) is 33.9 Å². The Bertz CT molecular complexity index is 1280. The Kier molecular flexibility index (Phi) is 7.49. The minimum Gasteiger partial charge on any atom is -0.497 e. The minimum atomic E-state index is 0.493. The molecule has 3 aromatic carbocycles. The summed E-state index contributed by atoms with van der Waals surface area (Å²) in [4.78, 5) is 4.76. The van der Waals surface area contributed by atoms with E-state index in [1.165, 1.54) is 0 Å². The third-order valence-electron chi connectivity index (χ3n) is 5.22. The molecular weight excluding hydrogens is 488 g/mol. The number of rotatable bonds is 8. The van der Waals surface area contributed by atoms with Crippen LogP contribution in [0.3, 0.4) is 0 Å². The second kappa shape index (κ2) is 10.3. The minimum absolute atomic E-state index is 0.493. The van der Waals surface area contributed by atoms with Crippen molar-refractivity contribution in [3.05, 3.63) is 74.2 Å². The molecule has 32 heavy (non-hydrogen) atoms. The van der Waals surface area contributed by atoms with Gasteiger partial charge in [0.25, 0.3) is 0 Å². The van der Waals surface area contributed by atoms with Gasteiger partial charge in [-0.1, -0.05) is 46.4 Å². The van der Waals surface area contributed by atoms with Gasteiger partial charge in [-0.15, -0.1) is 0 Å². The second-order valence-corrected chi connectivity index (χ2v) is 8.94. The van der Waals surface area contributed by atoms with E-state index in [1.54, 1.807) is 19.2 Å². The van der Waals surface area contributed by atoms with Gasteiger partial charge in [-0.05, 0) is 61.5 Å². The van der Waals surface area contributed by atoms with Crippen LogP contribution in [0.5, 0.6) is 5.75 Å². The molecular formula is C24H21Cl4N3O. The lowest BCUT2D eigenvalue weighted by molar-refractivity contribution is 0.415. The molecule has 0 aliphatic rings. The topological polar surface area (TPSA) is 46.2 Å². The number of hydrogen-bond donors (Lipinski definition) is 2. The number of hydrogen-bond acceptors (Lipinski definition) is 4. The molecule has 2 N–H and O–H groups in total. The van der Waals surface area contributed by atoms with Gasteiger partial charge in [-0.3, -0.25) is 0 Å². The molecule has 166 valence electrons. The fourth-order valence-electron chi connectivity index (χ4n) is 3.59. The fourth-order valence-corrected chi connectivity index (χ4v) is 4.43. The number of anilines is 1. The average molecular weight is 509 g/mol. The van der Waals surface area contributed by atoms with E-state index in [0.29, 0.717) is 26.6 Å². The number of nitrogens with zero attached hydrogens (tertiary/aromatic N) is 1. The highest BCUT2D eigenvalue weighted by atomic mass is 35.5. The maximum atomic E-state index is 6.27. The Morgan fingerprint density at radius 2 is 1.66 bits per heavy atom. The van der Waals surface area contributed by atoms with E-state index in [2.05, 4.69) is 10.6 Å². The molecule has 4 rings (SSSR count). The molecule has 0 saturated heterocycles. The Labute approximate surface area is 206 Å². The number of aromatic nitrogens is 1. The van der Waals surface area contributed by atoms with E-state index in [4.69, 9.17) is 56.1 Å². The molecule has 0 aliphatic carbocycles. The molecule has 0 fully saturated rings. The summed E-state index contributed by atoms with van der Waals surface area (Å²) in [5.74, 6) is 0.785. The van der Waals surface area contributed by atoms with Crippen LogP contribution in [0.1, 0.15) is 12.0 Å². The Balaban J connectivity index is 1.47. The van der Waals surface area contributed by atoms with Crippen LogP contribution in [0, 0.1) is 0 Å². The SMILES string of the molecule is COc1ccc2nc3cc(Cl)ccc3c(NCCCNCc3c(Cl)ccc(Cl)c3Cl)c2c1. The van der Waals surface area contributed by atoms with Gasteiger partial charge in [0.15, 0.2) is 0 Å². The van der Waals surface area contributed by atoms with E-state index in [9.17, 15) is 0 Å². The highest BCUT2D eigenvalue weighted by molar-refractivity contribution is 6.44. The number of nitrogens with one attached hydrogen (secondary N) is 2. The van der Waals surface area contributed by atoms with Crippen molar-refractivity contribution in [2.45, 2.75) is 13.0 Å². The third kappa shape index (κ3) is 5.00. The van der Waals surface area contributed by atoms with Gasteiger partial charge < -0.3 is 15.4 Å². The van der Waals surface area contributed by atoms with Crippen LogP contribution in [-0.2, 0) is 6.54 Å². The number of ether oxygens (including phenoxy) is 1. The maximum Gasteiger partial charge on any atom is 0.119 e. The van der Waals surface area contributed by atoms with Gasteiger partial charge in [0.2, 0.25) is 0 Å². The van der Waals surface area contributed by atoms with Crippen molar-refractivity contribution in [3.63, 3.8) is 0 Å². The predicted molar refractivity (Wildman–Crippen MR) is 137 cm³/mol. The van der Waals surface area contributed by atoms with Crippen LogP contribution in [0.2, 0.25) is 20.1 Å². The van der Waals surface area contributed by atoms with Crippen molar-refractivity contribution in [2.24, 2.45) is 0 Å². The van der Waals surface area contributed by atoms with Gasteiger partial charge in [-0.2, -0.15) is 0 Å². The summed E-state index contributed by atoms with van der Waals surface area (Å²) in [6, 6.07) is 15.1. The lowest BCUT2D eigenvalue weighted by Crippen LogP contribution is -2.18. The van der Waals surface area contributed by atoms with Crippen molar-refractivity contribution in [1.29, 1.82) is 0 Å². The van der Waals surface area contributed by atoms with E-state index in [-0.39, 0.29) is 0 Å². The molecule has 8 heteroatoms. The summed E-state index contributed by atoms with van der Waals surface area (Å²) in [6.07, 6.45) is 0.888. The van der Waals surface area contributed by atoms with Crippen molar-refractivity contribution in [2.75, 3.05) is 25.5 Å². The zero-order valence-corrected chi connectivity index (χ0v) is 20.3. The van der Waals surface area contributed by atoms with Crippen LogP contribution < -0.4 is 15.4 Å². The zero-order valence-electron chi connectivity index (χ0n) is 17.3. The molecule has 0 aliphatic heterocycles. The average Bonchev–Trinajstić information content (AvgIpc) is 2.79. The van der Waals surface area contributed by atoms with Gasteiger partial charge in [0.1, 0.15) is 5.75 Å². The number of halogens is 4. The number of benzene rings is 3. The summed E-state index contributed by atoms with van der Waals surface area (Å²) in [5, 5.41) is 11.2. The summed E-state index contributed by atoms with van der Waals surface area (Å²) >= 11 is 24.8. The smallest absolute Gasteiger partial charge is 0.119 e. The lowest BCUT2D eigenvalue weighted by Gasteiger charge is -2.15. The maximum absolute atomic E-state index is 6.27. The second-order valence-electron chi connectivity index (χ2n) is 7.31. The van der Waals surface area contributed by atoms with Crippen LogP contribution in [0.4, 0.5) is 5.69 Å². The summed E-state index contributed by atoms with van der Waals surface area (Å²) in [6.45, 7) is 2.09. The highest BCUT2D eigenvalue weighted by Gasteiger charge is 2.11. The zero-order chi connectivity index (χ0) is 22.7. The van der Waals surface area contributed by atoms with E-state index in [1.807, 2.05) is 36.4 Å². The molecule has 1 heterocycles. The fraction of sp³-hybridized carbons (Fsp3) is 0.208. The Morgan fingerprint density at radius 3 is 2.47 bits per heavy atom. The Hall–Kier alpha value is -1.95. The standard InChI is InChI=1S/C24H21Cl4N3O/c1-32-15-4-8-21-17(12-15)24(16-5-3-14(25)11-22(16)31-21)30-10-2-9-29-13-18-19(26)6-7-20(27)23(18)28/h3-8,11-12,29H,2,9-10,13H2,1H3,(H,30,31). The molecule has 0 radical (unpaired) electrons. The molecule has 0 bridgehead atoms. The molecule has 4 aromatic rings. The number of fused-ring (bicyclic) bond motifs is 2. The first-order valence-corrected chi connectivity index (χ1v) is 11.6. The predicted octanol–water partition coefficient (Wildman–Crippen LogP) is 7.60. The van der Waals surface area contributed by atoms with Crippen LogP contribution >= 0.6 is 46.4 Å². The molecule has 0 saturated carbocycles. The van der Waals surface area contributed by atoms with Gasteiger partial charge in [0, 0.05) is 39.5 Å². The first-order chi connectivity index (χ1) is 15.5. The number of methoxy groups -OCH3 is 1. The van der Waals surface area contributed by atoms with Gasteiger partial charge in [-0.25, -0.2) is 4.98 Å². The molecule has 4 nitrogen and oxygen atoms in total. The summed E-state index contributed by atoms with van der Waals surface area (Å²) < 4.78 is 5.42. The summed E-state index contributed by atoms with van der Waals surface area (Å²) in [7, 11) is 1.66. The van der Waals surface area contributed by atoms with E-state index >= 15 is 0 Å². The van der Waals surface area contributed by atoms with Gasteiger partial charge >= 0.3 is 0 Å². The highest BCUT2D eigenvalue weighted by Crippen LogP contribution is 2.34. The van der Waals surface area contributed by atoms with Crippen LogP contribution in [0.15, 0.2) is 48.5 Å². The van der Waals surface area contributed by atoms with Crippen molar-refractivity contribution in [3.8, 4) is 5.75 Å². The molecule has 1 aromatic heterocycles. The first kappa shape index (κ1) is 23.2. The normalized spacial score (nSPS) is 11.3. The van der Waals surface area contributed by atoms with Crippen molar-refractivity contribution >= 4 is 73.9 Å². The van der Waals surface area contributed by atoms with E-state index in [0.717, 1.165) is 58.3 Å². The Morgan fingerprint density at radius 1 is 0.844 bits per heavy atom. The van der Waals surface area contributed by atoms with E-state index < -0.39 is 0 Å². The summed E-state index contributed by atoms with van der Waals surface area (Å²) in [5.41, 5.74) is 3.55. The monoisotopic (exact) mass is 507 g/mol. The number of pyridine rings is 1. The molecule has 0 unspecified atom stereocenters. The first-order valence-electron chi connectivity index (χ1n) is 10.1. The van der Waals surface area contributed by atoms with Crippen LogP contribution in [-0.4, -0.2) is 25.2 Å². The quantitative estimate of drug-likeness (QED) is 0.146. The third-order valence-corrected chi connectivity index (χ3v) is 6.65. The molecule has 0 atom stereocenters. The lowest BCUT2D eigenvalue weighted by atomic mass is 10.1. The van der Waals surface area contributed by atoms with Crippen molar-refractivity contribution < 1.29 is 4.74 Å². The largest absolute Gasteiger partial charge is 0.497 e.